The highest BCUT2D eigenvalue weighted by Gasteiger charge is 2.34. The van der Waals surface area contributed by atoms with E-state index in [0.717, 1.165) is 41.1 Å². The van der Waals surface area contributed by atoms with E-state index in [1.54, 1.807) is 17.0 Å². The van der Waals surface area contributed by atoms with Crippen molar-refractivity contribution in [1.82, 2.24) is 14.6 Å². The molecule has 0 aliphatic carbocycles. The van der Waals surface area contributed by atoms with Crippen LogP contribution in [-0.2, 0) is 11.3 Å². The van der Waals surface area contributed by atoms with Crippen molar-refractivity contribution in [2.24, 2.45) is 0 Å². The Morgan fingerprint density at radius 2 is 1.70 bits per heavy atom. The molecule has 3 aromatic carbocycles. The summed E-state index contributed by atoms with van der Waals surface area (Å²) in [6.45, 7) is 3.13. The molecule has 1 aliphatic heterocycles. The molecule has 0 spiro atoms. The maximum absolute atomic E-state index is 13.7. The summed E-state index contributed by atoms with van der Waals surface area (Å²) in [5.74, 6) is 0.604. The number of rotatable bonds is 9. The minimum Gasteiger partial charge on any atom is -0.494 e. The first-order chi connectivity index (χ1) is 19.5. The van der Waals surface area contributed by atoms with Crippen LogP contribution in [0.1, 0.15) is 43.7 Å². The monoisotopic (exact) mass is 554 g/mol. The topological polar surface area (TPSA) is 76.8 Å². The van der Waals surface area contributed by atoms with Crippen molar-refractivity contribution < 1.29 is 13.9 Å². The van der Waals surface area contributed by atoms with Crippen molar-refractivity contribution in [3.63, 3.8) is 0 Å². The summed E-state index contributed by atoms with van der Waals surface area (Å²) in [5, 5.41) is 4.47. The van der Waals surface area contributed by atoms with Crippen LogP contribution in [0, 0.1) is 5.82 Å². The number of carbonyl (C=O) groups is 1. The van der Waals surface area contributed by atoms with Gasteiger partial charge in [-0.1, -0.05) is 67.9 Å². The fourth-order valence-corrected chi connectivity index (χ4v) is 5.85. The molecule has 0 bridgehead atoms. The zero-order valence-electron chi connectivity index (χ0n) is 22.0. The van der Waals surface area contributed by atoms with Gasteiger partial charge in [-0.15, -0.1) is 5.10 Å². The number of nitrogens with zero attached hydrogens (tertiary/aromatic N) is 4. The lowest BCUT2D eigenvalue weighted by molar-refractivity contribution is -0.113. The van der Waals surface area contributed by atoms with Crippen molar-refractivity contribution >= 4 is 33.5 Å². The van der Waals surface area contributed by atoms with Gasteiger partial charge in [0.05, 0.1) is 24.4 Å². The van der Waals surface area contributed by atoms with Gasteiger partial charge >= 0.3 is 0 Å². The number of para-hydroxylation sites is 1. The van der Waals surface area contributed by atoms with E-state index in [2.05, 4.69) is 17.0 Å². The standard InChI is InChI=1S/C31H27FN4O3S/c1-2-3-4-7-18-39-23-16-12-21(13-17-23)28-33-31-36(34-28)30(38)27(40-31)26-24-8-5-6-9-25(24)35(29(26)37)19-20-10-14-22(32)15-11-20/h5-6,8-17H,2-4,7,18-19H2,1H3/b27-26-. The number of carbonyl (C=O) groups excluding carboxylic acids is 1. The summed E-state index contributed by atoms with van der Waals surface area (Å²) in [6.07, 6.45) is 4.59. The first-order valence-electron chi connectivity index (χ1n) is 13.4. The van der Waals surface area contributed by atoms with Gasteiger partial charge < -0.3 is 9.64 Å². The summed E-state index contributed by atoms with van der Waals surface area (Å²) in [7, 11) is 0. The molecule has 6 rings (SSSR count). The van der Waals surface area contributed by atoms with Crippen LogP contribution in [0.25, 0.3) is 21.9 Å². The molecule has 1 amide bonds. The van der Waals surface area contributed by atoms with E-state index in [0.29, 0.717) is 38.7 Å². The SMILES string of the molecule is CCCCCCOc1ccc(-c2nc3s/c(=C4\C(=O)N(Cc5ccc(F)cc5)c5ccccc54)c(=O)n3n2)cc1. The van der Waals surface area contributed by atoms with Gasteiger partial charge in [0.15, 0.2) is 5.82 Å². The number of hydrogen-bond acceptors (Lipinski definition) is 6. The molecule has 0 fully saturated rings. The zero-order valence-corrected chi connectivity index (χ0v) is 22.8. The van der Waals surface area contributed by atoms with E-state index in [1.807, 2.05) is 48.5 Å². The summed E-state index contributed by atoms with van der Waals surface area (Å²) >= 11 is 1.15. The van der Waals surface area contributed by atoms with Gasteiger partial charge in [-0.25, -0.2) is 4.39 Å². The Morgan fingerprint density at radius 3 is 2.45 bits per heavy atom. The van der Waals surface area contributed by atoms with Gasteiger partial charge in [-0.3, -0.25) is 9.59 Å². The molecule has 5 aromatic rings. The summed E-state index contributed by atoms with van der Waals surface area (Å²) < 4.78 is 20.8. The van der Waals surface area contributed by atoms with Gasteiger partial charge in [0, 0.05) is 11.1 Å². The molecule has 2 aromatic heterocycles. The van der Waals surface area contributed by atoms with E-state index in [9.17, 15) is 14.0 Å². The van der Waals surface area contributed by atoms with Crippen LogP contribution < -0.4 is 19.7 Å². The third-order valence-electron chi connectivity index (χ3n) is 6.94. The molecule has 0 radical (unpaired) electrons. The molecule has 0 saturated heterocycles. The second-order valence-corrected chi connectivity index (χ2v) is 10.7. The third-order valence-corrected chi connectivity index (χ3v) is 7.97. The molecule has 1 aliphatic rings. The average Bonchev–Trinajstić information content (AvgIpc) is 3.61. The second-order valence-electron chi connectivity index (χ2n) is 9.71. The number of amides is 1. The largest absolute Gasteiger partial charge is 0.494 e. The van der Waals surface area contributed by atoms with Gasteiger partial charge in [0.25, 0.3) is 11.5 Å². The Morgan fingerprint density at radius 1 is 0.925 bits per heavy atom. The maximum Gasteiger partial charge on any atom is 0.291 e. The van der Waals surface area contributed by atoms with Crippen molar-refractivity contribution in [2.45, 2.75) is 39.2 Å². The van der Waals surface area contributed by atoms with Crippen LogP contribution in [-0.4, -0.2) is 27.1 Å². The smallest absolute Gasteiger partial charge is 0.291 e. The summed E-state index contributed by atoms with van der Waals surface area (Å²) in [6, 6.07) is 20.9. The minimum absolute atomic E-state index is 0.261. The number of fused-ring (bicyclic) bond motifs is 2. The summed E-state index contributed by atoms with van der Waals surface area (Å²) in [4.78, 5) is 33.8. The van der Waals surface area contributed by atoms with Gasteiger partial charge in [0.1, 0.15) is 16.1 Å². The number of unbranched alkanes of at least 4 members (excludes halogenated alkanes) is 3. The highest BCUT2D eigenvalue weighted by atomic mass is 32.1. The molecule has 40 heavy (non-hydrogen) atoms. The molecule has 0 unspecified atom stereocenters. The summed E-state index contributed by atoms with van der Waals surface area (Å²) in [5.41, 5.74) is 2.90. The average molecular weight is 555 g/mol. The van der Waals surface area contributed by atoms with E-state index in [-0.39, 0.29) is 23.8 Å². The van der Waals surface area contributed by atoms with Crippen molar-refractivity contribution in [3.8, 4) is 17.1 Å². The molecule has 0 N–H and O–H groups in total. The van der Waals surface area contributed by atoms with Crippen LogP contribution in [0.4, 0.5) is 10.1 Å². The molecule has 0 saturated carbocycles. The second kappa shape index (κ2) is 11.0. The first kappa shape index (κ1) is 25.9. The van der Waals surface area contributed by atoms with E-state index < -0.39 is 0 Å². The Balaban J connectivity index is 1.30. The number of ether oxygens (including phenoxy) is 1. The Hall–Kier alpha value is -4.37. The fourth-order valence-electron chi connectivity index (χ4n) is 4.86. The van der Waals surface area contributed by atoms with E-state index in [4.69, 9.17) is 4.74 Å². The predicted octanol–water partition coefficient (Wildman–Crippen LogP) is 5.38. The number of halogens is 1. The lowest BCUT2D eigenvalue weighted by Gasteiger charge is -2.17. The normalized spacial score (nSPS) is 14.2. The Labute approximate surface area is 234 Å². The zero-order chi connectivity index (χ0) is 27.6. The number of aromatic nitrogens is 3. The maximum atomic E-state index is 13.7. The third kappa shape index (κ3) is 4.88. The van der Waals surface area contributed by atoms with Gasteiger partial charge in [0.2, 0.25) is 4.96 Å². The molecule has 7 nitrogen and oxygen atoms in total. The van der Waals surface area contributed by atoms with Crippen molar-refractivity contribution in [2.75, 3.05) is 11.5 Å². The Kier molecular flexibility index (Phi) is 7.13. The van der Waals surface area contributed by atoms with Crippen molar-refractivity contribution in [1.29, 1.82) is 0 Å². The number of hydrogen-bond donors (Lipinski definition) is 0. The lowest BCUT2D eigenvalue weighted by atomic mass is 10.1. The van der Waals surface area contributed by atoms with E-state index >= 15 is 0 Å². The van der Waals surface area contributed by atoms with Gasteiger partial charge in [-0.2, -0.15) is 9.50 Å². The fraction of sp³-hybridized carbons (Fsp3) is 0.226. The Bertz CT molecular complexity index is 1800. The highest BCUT2D eigenvalue weighted by Crippen LogP contribution is 2.36. The van der Waals surface area contributed by atoms with Crippen molar-refractivity contribution in [3.05, 3.63) is 105 Å². The molecule has 3 heterocycles. The number of benzene rings is 3. The molecular formula is C31H27FN4O3S. The lowest BCUT2D eigenvalue weighted by Crippen LogP contribution is -2.32. The van der Waals surface area contributed by atoms with Gasteiger partial charge in [-0.05, 0) is 54.4 Å². The van der Waals surface area contributed by atoms with Crippen LogP contribution in [0.5, 0.6) is 5.75 Å². The highest BCUT2D eigenvalue weighted by molar-refractivity contribution is 7.15. The predicted molar refractivity (Wildman–Crippen MR) is 154 cm³/mol. The van der Waals surface area contributed by atoms with E-state index in [1.165, 1.54) is 29.5 Å². The molecular weight excluding hydrogens is 527 g/mol. The first-order valence-corrected chi connectivity index (χ1v) is 14.2. The van der Waals surface area contributed by atoms with Crippen LogP contribution >= 0.6 is 11.3 Å². The molecule has 9 heteroatoms. The number of anilines is 1. The quantitative estimate of drug-likeness (QED) is 0.229. The molecule has 0 atom stereocenters. The van der Waals surface area contributed by atoms with Crippen LogP contribution in [0.15, 0.2) is 77.6 Å². The van der Waals surface area contributed by atoms with Crippen LogP contribution in [0.3, 0.4) is 0 Å². The number of thiazole rings is 1. The van der Waals surface area contributed by atoms with Crippen LogP contribution in [0.2, 0.25) is 0 Å². The molecule has 202 valence electrons. The minimum atomic E-state index is -0.382.